The van der Waals surface area contributed by atoms with Gasteiger partial charge in [0.25, 0.3) is 0 Å². The van der Waals surface area contributed by atoms with E-state index in [9.17, 15) is 23.1 Å². The van der Waals surface area contributed by atoms with Crippen molar-refractivity contribution in [2.24, 2.45) is 0 Å². The number of aliphatic hydroxyl groups is 1. The van der Waals surface area contributed by atoms with Crippen LogP contribution in [0, 0.1) is 11.8 Å². The molecule has 2 heterocycles. The maximum absolute atomic E-state index is 14.2. The van der Waals surface area contributed by atoms with Crippen LogP contribution in [0.3, 0.4) is 0 Å². The summed E-state index contributed by atoms with van der Waals surface area (Å²) in [5, 5.41) is 13.8. The Morgan fingerprint density at radius 2 is 2.00 bits per heavy atom. The van der Waals surface area contributed by atoms with Crippen LogP contribution in [-0.2, 0) is 16.6 Å². The van der Waals surface area contributed by atoms with Crippen molar-refractivity contribution >= 4 is 23.2 Å². The van der Waals surface area contributed by atoms with Gasteiger partial charge in [0.05, 0.1) is 18.5 Å². The zero-order valence-electron chi connectivity index (χ0n) is 20.8. The fraction of sp³-hybridized carbons (Fsp3) is 0.500. The predicted octanol–water partition coefficient (Wildman–Crippen LogP) is 5.55. The zero-order chi connectivity index (χ0) is 26.9. The van der Waals surface area contributed by atoms with Crippen LogP contribution < -0.4 is 10.1 Å². The van der Waals surface area contributed by atoms with E-state index in [4.69, 9.17) is 16.3 Å². The van der Waals surface area contributed by atoms with Crippen LogP contribution in [0.1, 0.15) is 76.0 Å². The molecule has 6 nitrogen and oxygen atoms in total. The van der Waals surface area contributed by atoms with E-state index in [1.807, 2.05) is 13.8 Å². The molecule has 2 N–H and O–H groups in total. The van der Waals surface area contributed by atoms with E-state index >= 15 is 0 Å². The summed E-state index contributed by atoms with van der Waals surface area (Å²) in [4.78, 5) is 20.0. The maximum Gasteiger partial charge on any atom is 0.418 e. The molecule has 1 aromatic heterocycles. The van der Waals surface area contributed by atoms with Gasteiger partial charge in [-0.15, -0.1) is 0 Å². The Kier molecular flexibility index (Phi) is 7.92. The number of alkyl halides is 3. The number of amides is 1. The third-order valence-electron chi connectivity index (χ3n) is 5.96. The van der Waals surface area contributed by atoms with Gasteiger partial charge in [0.15, 0.2) is 5.60 Å². The molecule has 0 saturated carbocycles. The molecule has 0 fully saturated rings. The molecule has 0 bridgehead atoms. The van der Waals surface area contributed by atoms with E-state index in [2.05, 4.69) is 27.1 Å². The molecule has 1 atom stereocenters. The molecule has 1 unspecified atom stereocenters. The molecular formula is C26H29ClF3N3O3. The third-order valence-corrected chi connectivity index (χ3v) is 6.18. The Morgan fingerprint density at radius 1 is 1.31 bits per heavy atom. The molecule has 0 radical (unpaired) electrons. The number of carbonyl (C=O) groups excluding carboxylic acids is 1. The summed E-state index contributed by atoms with van der Waals surface area (Å²) in [6.07, 6.45) is -4.55. The quantitative estimate of drug-likeness (QED) is 0.485. The topological polar surface area (TPSA) is 84.3 Å². The van der Waals surface area contributed by atoms with Crippen LogP contribution in [0.4, 0.5) is 18.9 Å². The molecule has 1 aromatic carbocycles. The highest BCUT2D eigenvalue weighted by molar-refractivity contribution is 6.30. The first kappa shape index (κ1) is 27.8. The van der Waals surface area contributed by atoms with Gasteiger partial charge in [-0.25, -0.2) is 9.97 Å². The van der Waals surface area contributed by atoms with Crippen molar-refractivity contribution < 1.29 is 27.8 Å². The molecule has 3 rings (SSSR count). The van der Waals surface area contributed by atoms with Gasteiger partial charge in [-0.1, -0.05) is 45.2 Å². The number of aromatic nitrogens is 2. The Labute approximate surface area is 213 Å². The lowest BCUT2D eigenvalue weighted by molar-refractivity contribution is -0.264. The largest absolute Gasteiger partial charge is 0.493 e. The molecular weight excluding hydrogens is 495 g/mol. The van der Waals surface area contributed by atoms with Gasteiger partial charge < -0.3 is 15.2 Å². The molecule has 0 spiro atoms. The number of rotatable bonds is 6. The highest BCUT2D eigenvalue weighted by Crippen LogP contribution is 2.47. The second-order valence-electron chi connectivity index (χ2n) is 9.93. The minimum Gasteiger partial charge on any atom is -0.493 e. The molecule has 0 aliphatic carbocycles. The highest BCUT2D eigenvalue weighted by Gasteiger charge is 2.55. The number of ether oxygens (including phenoxy) is 1. The van der Waals surface area contributed by atoms with Crippen LogP contribution >= 0.6 is 11.6 Å². The molecule has 2 aromatic rings. The molecule has 194 valence electrons. The number of hydrogen-bond donors (Lipinski definition) is 2. The second-order valence-corrected chi connectivity index (χ2v) is 10.4. The number of anilines is 1. The lowest BCUT2D eigenvalue weighted by atomic mass is 9.73. The van der Waals surface area contributed by atoms with E-state index in [-0.39, 0.29) is 17.3 Å². The minimum absolute atomic E-state index is 0.0634. The standard InChI is InChI=1S/C26H29ClF3N3O3/c1-15(2)23-31-13-21(32-16(3)34)20(33-23)7-6-9-25(35,26(28,29)30)14-24(4,5)19-12-18(27)11-17-8-10-36-22(17)19/h11-13,15,35H,8-10,14H2,1-5H3,(H,32,34). The van der Waals surface area contributed by atoms with Crippen LogP contribution in [0.2, 0.25) is 5.02 Å². The van der Waals surface area contributed by atoms with Crippen LogP contribution in [0.15, 0.2) is 18.3 Å². The number of halogens is 4. The molecule has 0 saturated heterocycles. The molecule has 36 heavy (non-hydrogen) atoms. The van der Waals surface area contributed by atoms with E-state index in [1.54, 1.807) is 26.0 Å². The van der Waals surface area contributed by atoms with Gasteiger partial charge in [0.2, 0.25) is 5.91 Å². The Balaban J connectivity index is 1.96. The van der Waals surface area contributed by atoms with E-state index in [0.717, 1.165) is 5.56 Å². The summed E-state index contributed by atoms with van der Waals surface area (Å²) in [6, 6.07) is 3.33. The fourth-order valence-electron chi connectivity index (χ4n) is 4.19. The van der Waals surface area contributed by atoms with Crippen molar-refractivity contribution in [1.29, 1.82) is 0 Å². The predicted molar refractivity (Wildman–Crippen MR) is 131 cm³/mol. The molecule has 1 aliphatic rings. The summed E-state index contributed by atoms with van der Waals surface area (Å²) in [5.74, 6) is 5.52. The minimum atomic E-state index is -4.96. The Hall–Kier alpha value is -2.83. The van der Waals surface area contributed by atoms with Gasteiger partial charge in [0.1, 0.15) is 17.3 Å². The molecule has 10 heteroatoms. The van der Waals surface area contributed by atoms with E-state index < -0.39 is 35.9 Å². The highest BCUT2D eigenvalue weighted by atomic mass is 35.5. The fourth-order valence-corrected chi connectivity index (χ4v) is 4.43. The number of fused-ring (bicyclic) bond motifs is 1. The number of benzene rings is 1. The van der Waals surface area contributed by atoms with Gasteiger partial charge in [-0.2, -0.15) is 13.2 Å². The van der Waals surface area contributed by atoms with Gasteiger partial charge in [0, 0.05) is 36.3 Å². The SMILES string of the molecule is CC(=O)Nc1cnc(C(C)C)nc1C#CCC(O)(CC(C)(C)c1cc(Cl)cc2c1OCC2)C(F)(F)F. The zero-order valence-corrected chi connectivity index (χ0v) is 21.6. The summed E-state index contributed by atoms with van der Waals surface area (Å²) < 4.78 is 48.3. The summed E-state index contributed by atoms with van der Waals surface area (Å²) in [7, 11) is 0. The number of carbonyl (C=O) groups is 1. The van der Waals surface area contributed by atoms with Crippen LogP contribution in [0.5, 0.6) is 5.75 Å². The van der Waals surface area contributed by atoms with Gasteiger partial charge in [-0.3, -0.25) is 4.79 Å². The summed E-state index contributed by atoms with van der Waals surface area (Å²) in [5.41, 5.74) is -2.68. The first-order valence-corrected chi connectivity index (χ1v) is 11.9. The van der Waals surface area contributed by atoms with E-state index in [0.29, 0.717) is 35.2 Å². The van der Waals surface area contributed by atoms with Crippen molar-refractivity contribution in [3.05, 3.63) is 46.0 Å². The monoisotopic (exact) mass is 523 g/mol. The second kappa shape index (κ2) is 10.3. The average molecular weight is 524 g/mol. The first-order valence-electron chi connectivity index (χ1n) is 11.5. The van der Waals surface area contributed by atoms with Crippen molar-refractivity contribution in [1.82, 2.24) is 9.97 Å². The third kappa shape index (κ3) is 6.11. The summed E-state index contributed by atoms with van der Waals surface area (Å²) in [6.45, 7) is 8.63. The van der Waals surface area contributed by atoms with Crippen molar-refractivity contribution in [3.63, 3.8) is 0 Å². The van der Waals surface area contributed by atoms with Gasteiger partial charge in [-0.05, 0) is 35.5 Å². The lowest BCUT2D eigenvalue weighted by Gasteiger charge is -2.37. The number of hydrogen-bond acceptors (Lipinski definition) is 5. The normalized spacial score (nSPS) is 15.0. The summed E-state index contributed by atoms with van der Waals surface area (Å²) >= 11 is 6.23. The first-order chi connectivity index (χ1) is 16.6. The van der Waals surface area contributed by atoms with E-state index in [1.165, 1.54) is 13.1 Å². The van der Waals surface area contributed by atoms with Crippen molar-refractivity contribution in [2.45, 2.75) is 77.0 Å². The maximum atomic E-state index is 14.2. The number of nitrogens with one attached hydrogen (secondary N) is 1. The van der Waals surface area contributed by atoms with Crippen LogP contribution in [-0.4, -0.2) is 39.4 Å². The van der Waals surface area contributed by atoms with Crippen molar-refractivity contribution in [3.8, 4) is 17.6 Å². The van der Waals surface area contributed by atoms with Crippen molar-refractivity contribution in [2.75, 3.05) is 11.9 Å². The molecule has 1 aliphatic heterocycles. The average Bonchev–Trinajstić information content (AvgIpc) is 3.20. The van der Waals surface area contributed by atoms with Crippen LogP contribution in [0.25, 0.3) is 0 Å². The lowest BCUT2D eigenvalue weighted by Crippen LogP contribution is -2.49. The molecule has 1 amide bonds. The van der Waals surface area contributed by atoms with Gasteiger partial charge >= 0.3 is 6.18 Å². The smallest absolute Gasteiger partial charge is 0.418 e. The Bertz CT molecular complexity index is 1220. The number of nitrogens with zero attached hydrogens (tertiary/aromatic N) is 2. The Morgan fingerprint density at radius 3 is 2.61 bits per heavy atom.